The molecular formula is C13H24N4. The summed E-state index contributed by atoms with van der Waals surface area (Å²) in [6.45, 7) is 7.26. The van der Waals surface area contributed by atoms with E-state index in [1.807, 2.05) is 0 Å². The number of aromatic nitrogens is 2. The van der Waals surface area contributed by atoms with Gasteiger partial charge in [0.1, 0.15) is 0 Å². The Morgan fingerprint density at radius 2 is 2.29 bits per heavy atom. The van der Waals surface area contributed by atoms with Crippen LogP contribution in [-0.2, 0) is 13.0 Å². The van der Waals surface area contributed by atoms with E-state index in [2.05, 4.69) is 29.5 Å². The third kappa shape index (κ3) is 2.46. The van der Waals surface area contributed by atoms with Crippen molar-refractivity contribution in [1.29, 1.82) is 0 Å². The van der Waals surface area contributed by atoms with Gasteiger partial charge >= 0.3 is 0 Å². The minimum absolute atomic E-state index is 0.484. The van der Waals surface area contributed by atoms with E-state index in [1.165, 1.54) is 18.5 Å². The van der Waals surface area contributed by atoms with Crippen molar-refractivity contribution in [2.45, 2.75) is 52.1 Å². The Morgan fingerprint density at radius 1 is 1.47 bits per heavy atom. The lowest BCUT2D eigenvalue weighted by atomic mass is 10.2. The van der Waals surface area contributed by atoms with Gasteiger partial charge in [-0.2, -0.15) is 0 Å². The van der Waals surface area contributed by atoms with Gasteiger partial charge in [0, 0.05) is 31.9 Å². The predicted molar refractivity (Wildman–Crippen MR) is 71.3 cm³/mol. The van der Waals surface area contributed by atoms with Gasteiger partial charge in [0.15, 0.2) is 0 Å². The zero-order valence-corrected chi connectivity index (χ0v) is 11.0. The molecule has 4 heteroatoms. The Kier molecular flexibility index (Phi) is 4.05. The summed E-state index contributed by atoms with van der Waals surface area (Å²) < 4.78 is 2.30. The van der Waals surface area contributed by atoms with Crippen LogP contribution < -0.4 is 10.6 Å². The molecule has 96 valence electrons. The summed E-state index contributed by atoms with van der Waals surface area (Å²) in [6, 6.07) is 0.484. The molecule has 0 aliphatic carbocycles. The lowest BCUT2D eigenvalue weighted by Crippen LogP contribution is -2.37. The number of anilines is 1. The van der Waals surface area contributed by atoms with Crippen molar-refractivity contribution in [2.24, 2.45) is 5.73 Å². The summed E-state index contributed by atoms with van der Waals surface area (Å²) in [5.74, 6) is 1.14. The van der Waals surface area contributed by atoms with Crippen LogP contribution in [0.15, 0.2) is 6.20 Å². The summed E-state index contributed by atoms with van der Waals surface area (Å²) in [6.07, 6.45) is 6.79. The van der Waals surface area contributed by atoms with Gasteiger partial charge in [0.2, 0.25) is 5.95 Å². The van der Waals surface area contributed by atoms with Crippen LogP contribution >= 0.6 is 0 Å². The Bertz CT molecular complexity index is 358. The van der Waals surface area contributed by atoms with Gasteiger partial charge in [-0.05, 0) is 25.7 Å². The van der Waals surface area contributed by atoms with Gasteiger partial charge in [0.25, 0.3) is 0 Å². The van der Waals surface area contributed by atoms with Crippen LogP contribution in [0.4, 0.5) is 5.95 Å². The van der Waals surface area contributed by atoms with Crippen molar-refractivity contribution >= 4 is 5.95 Å². The van der Waals surface area contributed by atoms with Crippen LogP contribution in [-0.4, -0.2) is 28.7 Å². The molecule has 4 nitrogen and oxygen atoms in total. The standard InChI is InChI=1S/C13H24N4/c1-3-7-16-10-11(4-2)15-13(16)17-8-5-6-12(17)9-14/h10,12H,3-9,14H2,1-2H3. The number of nitrogens with two attached hydrogens (primary N) is 1. The summed E-state index contributed by atoms with van der Waals surface area (Å²) in [5, 5.41) is 0. The summed E-state index contributed by atoms with van der Waals surface area (Å²) >= 11 is 0. The number of imidazole rings is 1. The first-order valence-electron chi connectivity index (χ1n) is 6.82. The highest BCUT2D eigenvalue weighted by Gasteiger charge is 2.26. The molecule has 0 spiro atoms. The van der Waals surface area contributed by atoms with E-state index in [9.17, 15) is 0 Å². The molecule has 1 aromatic heterocycles. The lowest BCUT2D eigenvalue weighted by molar-refractivity contribution is 0.619. The number of rotatable bonds is 5. The third-order valence-corrected chi connectivity index (χ3v) is 3.54. The fraction of sp³-hybridized carbons (Fsp3) is 0.769. The van der Waals surface area contributed by atoms with Gasteiger partial charge in [0.05, 0.1) is 5.69 Å². The Labute approximate surface area is 104 Å². The molecule has 1 atom stereocenters. The van der Waals surface area contributed by atoms with Crippen molar-refractivity contribution in [3.05, 3.63) is 11.9 Å². The highest BCUT2D eigenvalue weighted by molar-refractivity contribution is 5.37. The van der Waals surface area contributed by atoms with Crippen LogP contribution in [0.1, 0.15) is 38.8 Å². The second-order valence-corrected chi connectivity index (χ2v) is 4.80. The van der Waals surface area contributed by atoms with Gasteiger partial charge < -0.3 is 15.2 Å². The monoisotopic (exact) mass is 236 g/mol. The average Bonchev–Trinajstić information content (AvgIpc) is 2.94. The van der Waals surface area contributed by atoms with E-state index in [4.69, 9.17) is 10.7 Å². The predicted octanol–water partition coefficient (Wildman–Crippen LogP) is 1.78. The molecule has 0 amide bonds. The van der Waals surface area contributed by atoms with Gasteiger partial charge in [-0.25, -0.2) is 4.98 Å². The number of aryl methyl sites for hydroxylation is 2. The molecule has 1 saturated heterocycles. The van der Waals surface area contributed by atoms with Gasteiger partial charge in [-0.15, -0.1) is 0 Å². The SMILES string of the molecule is CCCn1cc(CC)nc1N1CCCC1CN. The molecule has 2 heterocycles. The number of hydrogen-bond donors (Lipinski definition) is 1. The van der Waals surface area contributed by atoms with Crippen LogP contribution in [0.2, 0.25) is 0 Å². The second-order valence-electron chi connectivity index (χ2n) is 4.80. The molecule has 0 bridgehead atoms. The zero-order valence-electron chi connectivity index (χ0n) is 11.0. The maximum absolute atomic E-state index is 5.85. The number of nitrogens with zero attached hydrogens (tertiary/aromatic N) is 3. The maximum Gasteiger partial charge on any atom is 0.206 e. The van der Waals surface area contributed by atoms with Crippen molar-refractivity contribution < 1.29 is 0 Å². The number of hydrogen-bond acceptors (Lipinski definition) is 3. The van der Waals surface area contributed by atoms with Crippen LogP contribution in [0.3, 0.4) is 0 Å². The average molecular weight is 236 g/mol. The van der Waals surface area contributed by atoms with E-state index in [1.54, 1.807) is 0 Å². The summed E-state index contributed by atoms with van der Waals surface area (Å²) in [5.41, 5.74) is 7.04. The van der Waals surface area contributed by atoms with Crippen molar-refractivity contribution in [1.82, 2.24) is 9.55 Å². The van der Waals surface area contributed by atoms with Crippen molar-refractivity contribution in [2.75, 3.05) is 18.0 Å². The van der Waals surface area contributed by atoms with Crippen LogP contribution in [0.25, 0.3) is 0 Å². The zero-order chi connectivity index (χ0) is 12.3. The first-order valence-corrected chi connectivity index (χ1v) is 6.82. The largest absolute Gasteiger partial charge is 0.338 e. The third-order valence-electron chi connectivity index (χ3n) is 3.54. The van der Waals surface area contributed by atoms with Gasteiger partial charge in [-0.1, -0.05) is 13.8 Å². The molecule has 1 aromatic rings. The van der Waals surface area contributed by atoms with E-state index in [0.29, 0.717) is 6.04 Å². The topological polar surface area (TPSA) is 47.1 Å². The molecule has 2 N–H and O–H groups in total. The molecule has 1 aliphatic heterocycles. The van der Waals surface area contributed by atoms with E-state index in [-0.39, 0.29) is 0 Å². The van der Waals surface area contributed by atoms with Crippen molar-refractivity contribution in [3.63, 3.8) is 0 Å². The Hall–Kier alpha value is -1.03. The fourth-order valence-corrected chi connectivity index (χ4v) is 2.61. The molecule has 1 fully saturated rings. The van der Waals surface area contributed by atoms with E-state index in [0.717, 1.165) is 38.4 Å². The first-order chi connectivity index (χ1) is 8.30. The molecule has 2 rings (SSSR count). The minimum Gasteiger partial charge on any atom is -0.338 e. The fourth-order valence-electron chi connectivity index (χ4n) is 2.61. The Balaban J connectivity index is 2.25. The van der Waals surface area contributed by atoms with Gasteiger partial charge in [-0.3, -0.25) is 0 Å². The molecule has 1 aliphatic rings. The molecular weight excluding hydrogens is 212 g/mol. The summed E-state index contributed by atoms with van der Waals surface area (Å²) in [4.78, 5) is 7.16. The molecule has 0 saturated carbocycles. The molecule has 0 aromatic carbocycles. The lowest BCUT2D eigenvalue weighted by Gasteiger charge is -2.25. The quantitative estimate of drug-likeness (QED) is 0.847. The molecule has 0 radical (unpaired) electrons. The second kappa shape index (κ2) is 5.54. The van der Waals surface area contributed by atoms with Crippen LogP contribution in [0.5, 0.6) is 0 Å². The van der Waals surface area contributed by atoms with Crippen LogP contribution in [0, 0.1) is 0 Å². The molecule has 17 heavy (non-hydrogen) atoms. The highest BCUT2D eigenvalue weighted by atomic mass is 15.3. The minimum atomic E-state index is 0.484. The normalized spacial score (nSPS) is 20.2. The highest BCUT2D eigenvalue weighted by Crippen LogP contribution is 2.25. The molecule has 1 unspecified atom stereocenters. The van der Waals surface area contributed by atoms with E-state index < -0.39 is 0 Å². The smallest absolute Gasteiger partial charge is 0.206 e. The Morgan fingerprint density at radius 3 is 2.94 bits per heavy atom. The van der Waals surface area contributed by atoms with E-state index >= 15 is 0 Å². The first kappa shape index (κ1) is 12.4. The van der Waals surface area contributed by atoms with Crippen molar-refractivity contribution in [3.8, 4) is 0 Å². The summed E-state index contributed by atoms with van der Waals surface area (Å²) in [7, 11) is 0. The maximum atomic E-state index is 5.85.